The first-order valence-corrected chi connectivity index (χ1v) is 46.6. The second-order valence-corrected chi connectivity index (χ2v) is 35.8. The van der Waals surface area contributed by atoms with Gasteiger partial charge in [0.15, 0.2) is 0 Å². The highest BCUT2D eigenvalue weighted by Gasteiger charge is 2.49. The van der Waals surface area contributed by atoms with E-state index in [4.69, 9.17) is 9.47 Å². The van der Waals surface area contributed by atoms with Crippen molar-refractivity contribution in [3.63, 3.8) is 0 Å². The maximum atomic E-state index is 15.2. The lowest BCUT2D eigenvalue weighted by Gasteiger charge is -2.35. The lowest BCUT2D eigenvalue weighted by atomic mass is 9.67. The van der Waals surface area contributed by atoms with Crippen molar-refractivity contribution in [1.29, 1.82) is 0 Å². The van der Waals surface area contributed by atoms with E-state index in [2.05, 4.69) is 251 Å². The molecule has 1 heterocycles. The molecule has 0 bridgehead atoms. The Hall–Kier alpha value is -17.5. The molecule has 0 radical (unpaired) electrons. The van der Waals surface area contributed by atoms with Crippen LogP contribution in [0.4, 0.5) is 94.6 Å². The van der Waals surface area contributed by atoms with Crippen LogP contribution in [0.2, 0.25) is 0 Å². The summed E-state index contributed by atoms with van der Waals surface area (Å²) in [5, 5.41) is 2.13. The van der Waals surface area contributed by atoms with Gasteiger partial charge in [0.05, 0.1) is 10.8 Å². The lowest BCUT2D eigenvalue weighted by Crippen LogP contribution is -2.28. The van der Waals surface area contributed by atoms with E-state index in [0.29, 0.717) is 23.0 Å². The van der Waals surface area contributed by atoms with Crippen molar-refractivity contribution in [2.75, 3.05) is 19.6 Å². The molecule has 0 saturated carbocycles. The van der Waals surface area contributed by atoms with Crippen molar-refractivity contribution in [2.45, 2.75) is 10.8 Å². The first-order valence-electron chi connectivity index (χ1n) is 45.8. The summed E-state index contributed by atoms with van der Waals surface area (Å²) in [7, 11) is 0. The SMILES string of the molecule is C=Cc1ccc(Oc2ccc(C3(c4ccc(F)cc4)c4ccccc4-c4ccc(N(c5ccc(F)cc5)c5ccc(-c6ccc(N(c7ccc(F)cc7)c7ccc8c(c7)sc7cc(N(c9ccc(F)cc9)c9ccc(-c%10ccc(N(c%11ccc(F)cc%11)c%11ccc%12c(c%11)C(c%11ccc(F)cc%11)(c%11ccc(Oc%13ccc(C=C)cc%13)cc%11)c%11ccccc%11-%12)cc%10)cc9)ccc78)cc6)cc5)cc43)cc2)cc1. The Morgan fingerprint density at radius 3 is 0.698 bits per heavy atom. The molecule has 20 aromatic carbocycles. The molecular weight excluding hydrogens is 1750 g/mol. The highest BCUT2D eigenvalue weighted by Crippen LogP contribution is 2.61. The molecule has 2 aliphatic rings. The minimum atomic E-state index is -0.917. The fraction of sp³-hybridized carbons (Fsp3) is 0.0159. The van der Waals surface area contributed by atoms with E-state index in [0.717, 1.165) is 189 Å². The van der Waals surface area contributed by atoms with Crippen LogP contribution in [0.15, 0.2) is 474 Å². The van der Waals surface area contributed by atoms with Crippen LogP contribution < -0.4 is 29.1 Å². The lowest BCUT2D eigenvalue weighted by molar-refractivity contribution is 0.482. The van der Waals surface area contributed by atoms with E-state index in [1.54, 1.807) is 72.0 Å². The van der Waals surface area contributed by atoms with Crippen LogP contribution in [0.5, 0.6) is 23.0 Å². The molecule has 2 atom stereocenters. The maximum absolute atomic E-state index is 15.2. The molecule has 666 valence electrons. The van der Waals surface area contributed by atoms with Gasteiger partial charge in [0.2, 0.25) is 0 Å². The fourth-order valence-corrected chi connectivity index (χ4v) is 21.5. The van der Waals surface area contributed by atoms with Crippen molar-refractivity contribution in [3.05, 3.63) is 565 Å². The fourth-order valence-electron chi connectivity index (χ4n) is 20.3. The summed E-state index contributed by atoms with van der Waals surface area (Å²) in [6.07, 6.45) is 3.59. The number of hydrogen-bond donors (Lipinski definition) is 0. The third-order valence-corrected chi connectivity index (χ3v) is 28.0. The Morgan fingerprint density at radius 1 is 0.209 bits per heavy atom. The number of anilines is 12. The van der Waals surface area contributed by atoms with E-state index in [-0.39, 0.29) is 34.9 Å². The van der Waals surface area contributed by atoms with Crippen LogP contribution in [-0.4, -0.2) is 0 Å². The Morgan fingerprint density at radius 2 is 0.424 bits per heavy atom. The van der Waals surface area contributed by atoms with Crippen molar-refractivity contribution < 1.29 is 35.8 Å². The maximum Gasteiger partial charge on any atom is 0.127 e. The number of benzene rings is 20. The van der Waals surface area contributed by atoms with Gasteiger partial charge >= 0.3 is 0 Å². The topological polar surface area (TPSA) is 31.4 Å². The normalized spacial score (nSPS) is 13.8. The van der Waals surface area contributed by atoms with Gasteiger partial charge in [-0.05, 0) is 367 Å². The second kappa shape index (κ2) is 35.7. The molecule has 0 N–H and O–H groups in total. The summed E-state index contributed by atoms with van der Waals surface area (Å²) in [4.78, 5) is 8.53. The van der Waals surface area contributed by atoms with Gasteiger partial charge in [0.1, 0.15) is 57.9 Å². The number of nitrogens with zero attached hydrogens (tertiary/aromatic N) is 4. The molecule has 139 heavy (non-hydrogen) atoms. The third kappa shape index (κ3) is 15.7. The average molecular weight is 1830 g/mol. The third-order valence-electron chi connectivity index (χ3n) is 26.9. The highest BCUT2D eigenvalue weighted by atomic mass is 32.1. The first-order chi connectivity index (χ1) is 68.1. The molecule has 0 aliphatic heterocycles. The molecule has 0 saturated heterocycles. The van der Waals surface area contributed by atoms with Crippen LogP contribution in [0, 0.1) is 34.9 Å². The van der Waals surface area contributed by atoms with Gasteiger partial charge in [0, 0.05) is 88.4 Å². The molecule has 0 spiro atoms. The Labute approximate surface area is 805 Å². The van der Waals surface area contributed by atoms with Gasteiger partial charge < -0.3 is 29.1 Å². The number of fused-ring (bicyclic) bond motifs is 9. The van der Waals surface area contributed by atoms with E-state index in [9.17, 15) is 0 Å². The molecule has 21 aromatic rings. The second-order valence-electron chi connectivity index (χ2n) is 34.8. The summed E-state index contributed by atoms with van der Waals surface area (Å²) in [5.74, 6) is 0.567. The van der Waals surface area contributed by atoms with Crippen molar-refractivity contribution in [1.82, 2.24) is 0 Å². The van der Waals surface area contributed by atoms with Gasteiger partial charge in [-0.1, -0.05) is 219 Å². The minimum absolute atomic E-state index is 0.344. The Bertz CT molecular complexity index is 7730. The monoisotopic (exact) mass is 1830 g/mol. The number of rotatable bonds is 24. The Kier molecular flexibility index (Phi) is 22.0. The zero-order chi connectivity index (χ0) is 94.0. The summed E-state index contributed by atoms with van der Waals surface area (Å²) in [6, 6.07) is 147. The molecule has 2 unspecified atom stereocenters. The molecular formula is C126H82F6N4O2S. The van der Waals surface area contributed by atoms with Crippen LogP contribution in [0.3, 0.4) is 0 Å². The van der Waals surface area contributed by atoms with Crippen LogP contribution in [0.25, 0.3) is 76.8 Å². The number of hydrogen-bond acceptors (Lipinski definition) is 7. The quantitative estimate of drug-likeness (QED) is 0.0561. The molecule has 1 aromatic heterocycles. The molecule has 2 aliphatic carbocycles. The molecule has 23 rings (SSSR count). The van der Waals surface area contributed by atoms with E-state index in [1.165, 1.54) is 72.8 Å². The summed E-state index contributed by atoms with van der Waals surface area (Å²) >= 11 is 1.67. The Balaban J connectivity index is 0.535. The summed E-state index contributed by atoms with van der Waals surface area (Å²) < 4.78 is 105. The molecule has 6 nitrogen and oxygen atoms in total. The molecule has 0 fully saturated rings. The van der Waals surface area contributed by atoms with Gasteiger partial charge in [-0.25, -0.2) is 26.3 Å². The van der Waals surface area contributed by atoms with E-state index < -0.39 is 10.8 Å². The van der Waals surface area contributed by atoms with Crippen molar-refractivity contribution in [3.8, 4) is 67.5 Å². The van der Waals surface area contributed by atoms with E-state index >= 15 is 26.3 Å². The van der Waals surface area contributed by atoms with Gasteiger partial charge in [-0.2, -0.15) is 0 Å². The smallest absolute Gasteiger partial charge is 0.127 e. The minimum Gasteiger partial charge on any atom is -0.457 e. The first kappa shape index (κ1) is 85.7. The number of halogens is 6. The van der Waals surface area contributed by atoms with Gasteiger partial charge in [0.25, 0.3) is 0 Å². The predicted octanol–water partition coefficient (Wildman–Crippen LogP) is 35.7. The largest absolute Gasteiger partial charge is 0.457 e. The van der Waals surface area contributed by atoms with Crippen LogP contribution >= 0.6 is 11.3 Å². The highest BCUT2D eigenvalue weighted by molar-refractivity contribution is 7.25. The average Bonchev–Trinajstić information content (AvgIpc) is 1.54. The predicted molar refractivity (Wildman–Crippen MR) is 557 cm³/mol. The zero-order valence-electron chi connectivity index (χ0n) is 74.7. The zero-order valence-corrected chi connectivity index (χ0v) is 75.5. The number of thiophene rings is 1. The van der Waals surface area contributed by atoms with Crippen molar-refractivity contribution in [2.24, 2.45) is 0 Å². The number of ether oxygens (including phenoxy) is 2. The van der Waals surface area contributed by atoms with Crippen LogP contribution in [0.1, 0.15) is 55.6 Å². The van der Waals surface area contributed by atoms with Gasteiger partial charge in [-0.15, -0.1) is 11.3 Å². The summed E-state index contributed by atoms with van der Waals surface area (Å²) in [5.41, 5.74) is 25.6. The summed E-state index contributed by atoms with van der Waals surface area (Å²) in [6.45, 7) is 7.79. The van der Waals surface area contributed by atoms with Crippen LogP contribution in [-0.2, 0) is 10.8 Å². The van der Waals surface area contributed by atoms with E-state index in [1.807, 2.05) is 121 Å². The molecule has 0 amide bonds. The molecule has 13 heteroatoms. The standard InChI is InChI=1S/C126H82F6N4O2S/c1-3-81-13-65-109(66-14-81)137-111-69-29-89(30-70-111)125(87-25-33-91(127)34-26-87)119-11-7-5-9-113(119)115-73-61-105(77-121(115)125)133(101-53-37-93(129)38-54-101)97-45-17-83(18-46-97)85-21-49-99(50-22-85)135(103-57-41-95(131)42-58-103)107-63-75-117-118-76-64-108(80-124(118)139-123(117)79-107)136(104-59-43-96(132)44-60-104)100-51-23-86(24-52-100)84-19-47-98(48-20-84)134(102-55-39-94(130)40-56-102)106-62-74-116-114-10-6-8-12-120(114)126(122(116)78-106,88-27-35-92(128)36-28-88)90-31-71-112(72-32-90)138-110-67-15-82(4-2)16-68-110/h3-80H,1-2H2. The van der Waals surface area contributed by atoms with Crippen molar-refractivity contribution >= 4 is 112 Å². The van der Waals surface area contributed by atoms with Gasteiger partial charge in [-0.3, -0.25) is 0 Å².